The molecule has 1 fully saturated rings. The largest absolute Gasteiger partial charge is 0.394 e. The van der Waals surface area contributed by atoms with E-state index >= 15 is 0 Å². The van der Waals surface area contributed by atoms with E-state index in [0.29, 0.717) is 6.61 Å². The molecule has 0 aromatic carbocycles. The Morgan fingerprint density at radius 1 is 1.25 bits per heavy atom. The van der Waals surface area contributed by atoms with Crippen LogP contribution in [-0.4, -0.2) is 72.9 Å². The molecule has 0 spiro atoms. The second-order valence-electron chi connectivity index (χ2n) is 4.50. The molecule has 116 valence electrons. The number of aliphatic hydroxyl groups excluding tert-OH is 3. The molecular weight excluding hydrogens is 270 g/mol. The van der Waals surface area contributed by atoms with Crippen LogP contribution in [0.1, 0.15) is 6.92 Å². The van der Waals surface area contributed by atoms with Crippen molar-refractivity contribution >= 4 is 0 Å². The zero-order chi connectivity index (χ0) is 15.0. The maximum atomic E-state index is 9.82. The molecule has 1 rings (SSSR count). The summed E-state index contributed by atoms with van der Waals surface area (Å²) >= 11 is 0. The van der Waals surface area contributed by atoms with E-state index in [9.17, 15) is 10.2 Å². The van der Waals surface area contributed by atoms with E-state index in [1.54, 1.807) is 6.92 Å². The number of hydrogen-bond donors (Lipinski definition) is 3. The minimum atomic E-state index is -1.13. The van der Waals surface area contributed by atoms with Gasteiger partial charge in [0.1, 0.15) is 12.2 Å². The molecule has 1 aliphatic heterocycles. The summed E-state index contributed by atoms with van der Waals surface area (Å²) in [7, 11) is 0. The highest BCUT2D eigenvalue weighted by molar-refractivity contribution is 4.86. The molecule has 0 amide bonds. The molecule has 0 aromatic rings. The van der Waals surface area contributed by atoms with Crippen LogP contribution >= 0.6 is 0 Å². The molecular formula is C11H21N3O6. The van der Waals surface area contributed by atoms with Crippen molar-refractivity contribution in [2.45, 2.75) is 31.5 Å². The summed E-state index contributed by atoms with van der Waals surface area (Å²) in [5.41, 5.74) is 8.06. The summed E-state index contributed by atoms with van der Waals surface area (Å²) in [6.45, 7) is 2.36. The van der Waals surface area contributed by atoms with Gasteiger partial charge in [-0.25, -0.2) is 0 Å². The average Bonchev–Trinajstić information content (AvgIpc) is 2.46. The van der Waals surface area contributed by atoms with Gasteiger partial charge in [0, 0.05) is 17.4 Å². The molecule has 0 saturated carbocycles. The summed E-state index contributed by atoms with van der Waals surface area (Å²) in [6.07, 6.45) is -3.73. The van der Waals surface area contributed by atoms with E-state index in [4.69, 9.17) is 24.8 Å². The molecule has 5 atom stereocenters. The van der Waals surface area contributed by atoms with E-state index in [1.807, 2.05) is 0 Å². The van der Waals surface area contributed by atoms with Crippen molar-refractivity contribution in [1.82, 2.24) is 0 Å². The van der Waals surface area contributed by atoms with Crippen LogP contribution in [-0.2, 0) is 14.2 Å². The number of nitrogens with zero attached hydrogens (tertiary/aromatic N) is 3. The third kappa shape index (κ3) is 4.88. The third-order valence-corrected chi connectivity index (χ3v) is 3.10. The molecule has 1 heterocycles. The van der Waals surface area contributed by atoms with Gasteiger partial charge in [0.15, 0.2) is 6.29 Å². The van der Waals surface area contributed by atoms with Crippen molar-refractivity contribution in [3.05, 3.63) is 10.4 Å². The van der Waals surface area contributed by atoms with Crippen molar-refractivity contribution < 1.29 is 29.5 Å². The third-order valence-electron chi connectivity index (χ3n) is 3.10. The van der Waals surface area contributed by atoms with Gasteiger partial charge < -0.3 is 29.5 Å². The van der Waals surface area contributed by atoms with Gasteiger partial charge in [-0.3, -0.25) is 0 Å². The first kappa shape index (κ1) is 17.1. The van der Waals surface area contributed by atoms with Crippen LogP contribution in [0.15, 0.2) is 5.11 Å². The summed E-state index contributed by atoms with van der Waals surface area (Å²) in [6, 6.07) is 0. The van der Waals surface area contributed by atoms with Crippen LogP contribution in [0.4, 0.5) is 0 Å². The Morgan fingerprint density at radius 3 is 2.65 bits per heavy atom. The Balaban J connectivity index is 2.26. The van der Waals surface area contributed by atoms with Crippen LogP contribution in [0.3, 0.4) is 0 Å². The Kier molecular flexibility index (Phi) is 7.78. The zero-order valence-corrected chi connectivity index (χ0v) is 11.3. The first-order chi connectivity index (χ1) is 9.61. The smallest absolute Gasteiger partial charge is 0.163 e. The lowest BCUT2D eigenvalue weighted by atomic mass is 9.92. The van der Waals surface area contributed by atoms with Gasteiger partial charge in [-0.05, 0) is 5.53 Å². The van der Waals surface area contributed by atoms with Crippen molar-refractivity contribution in [3.8, 4) is 0 Å². The van der Waals surface area contributed by atoms with Gasteiger partial charge in [-0.1, -0.05) is 12.0 Å². The minimum Gasteiger partial charge on any atom is -0.394 e. The fraction of sp³-hybridized carbons (Fsp3) is 1.00. The predicted octanol–water partition coefficient (Wildman–Crippen LogP) is -0.595. The minimum absolute atomic E-state index is 0.228. The Bertz CT molecular complexity index is 323. The monoisotopic (exact) mass is 291 g/mol. The van der Waals surface area contributed by atoms with E-state index in [1.165, 1.54) is 0 Å². The van der Waals surface area contributed by atoms with Crippen molar-refractivity contribution in [1.29, 1.82) is 0 Å². The highest BCUT2D eigenvalue weighted by Crippen LogP contribution is 2.26. The van der Waals surface area contributed by atoms with Gasteiger partial charge in [-0.15, -0.1) is 0 Å². The molecule has 0 bridgehead atoms. The zero-order valence-electron chi connectivity index (χ0n) is 11.3. The lowest BCUT2D eigenvalue weighted by Gasteiger charge is -2.40. The van der Waals surface area contributed by atoms with Crippen LogP contribution in [0.2, 0.25) is 0 Å². The Morgan fingerprint density at radius 2 is 2.00 bits per heavy atom. The maximum Gasteiger partial charge on any atom is 0.163 e. The lowest BCUT2D eigenvalue weighted by Crippen LogP contribution is -2.55. The number of azide groups is 1. The van der Waals surface area contributed by atoms with Crippen LogP contribution in [0.25, 0.3) is 10.4 Å². The number of hydrogen-bond acceptors (Lipinski definition) is 7. The molecule has 20 heavy (non-hydrogen) atoms. The van der Waals surface area contributed by atoms with Crippen molar-refractivity contribution in [2.24, 2.45) is 11.0 Å². The second-order valence-corrected chi connectivity index (χ2v) is 4.50. The highest BCUT2D eigenvalue weighted by Gasteiger charge is 2.42. The van der Waals surface area contributed by atoms with E-state index in [-0.39, 0.29) is 19.8 Å². The number of ether oxygens (including phenoxy) is 3. The summed E-state index contributed by atoms with van der Waals surface area (Å²) in [5.74, 6) is -0.420. The molecule has 0 radical (unpaired) electrons. The van der Waals surface area contributed by atoms with Gasteiger partial charge in [-0.2, -0.15) is 0 Å². The maximum absolute atomic E-state index is 9.82. The molecule has 9 heteroatoms. The molecule has 0 aliphatic carbocycles. The van der Waals surface area contributed by atoms with Gasteiger partial charge in [0.05, 0.1) is 32.5 Å². The molecule has 0 aromatic heterocycles. The summed E-state index contributed by atoms with van der Waals surface area (Å²) < 4.78 is 15.9. The first-order valence-corrected chi connectivity index (χ1v) is 6.44. The summed E-state index contributed by atoms with van der Waals surface area (Å²) in [4.78, 5) is 2.59. The standard InChI is InChI=1S/C11H21N3O6/c1-7-9(16)10(17)8(6-15)20-11(7)19-5-4-18-3-2-13-14-12/h7-11,15-17H,2-6H2,1H3/t7?,8?,9?,10-,11?/m0/s1. The SMILES string of the molecule is CC1C(OCCOCCN=[N+]=[N-])OC(CO)[C@H](O)C1O. The van der Waals surface area contributed by atoms with Gasteiger partial charge >= 0.3 is 0 Å². The fourth-order valence-electron chi connectivity index (χ4n) is 1.89. The quantitative estimate of drug-likeness (QED) is 0.236. The predicted molar refractivity (Wildman–Crippen MR) is 67.7 cm³/mol. The van der Waals surface area contributed by atoms with E-state index in [2.05, 4.69) is 10.0 Å². The Hall–Kier alpha value is -0.930. The van der Waals surface area contributed by atoms with Crippen LogP contribution < -0.4 is 0 Å². The topological polar surface area (TPSA) is 137 Å². The van der Waals surface area contributed by atoms with E-state index in [0.717, 1.165) is 0 Å². The van der Waals surface area contributed by atoms with Gasteiger partial charge in [0.25, 0.3) is 0 Å². The number of aliphatic hydroxyl groups is 3. The molecule has 4 unspecified atom stereocenters. The first-order valence-electron chi connectivity index (χ1n) is 6.44. The molecule has 3 N–H and O–H groups in total. The van der Waals surface area contributed by atoms with Crippen LogP contribution in [0.5, 0.6) is 0 Å². The lowest BCUT2D eigenvalue weighted by molar-refractivity contribution is -0.284. The Labute approximate surface area is 116 Å². The molecule has 9 nitrogen and oxygen atoms in total. The van der Waals surface area contributed by atoms with Crippen molar-refractivity contribution in [3.63, 3.8) is 0 Å². The van der Waals surface area contributed by atoms with Crippen molar-refractivity contribution in [2.75, 3.05) is 33.0 Å². The van der Waals surface area contributed by atoms with E-state index < -0.39 is 37.1 Å². The average molecular weight is 291 g/mol. The van der Waals surface area contributed by atoms with Crippen LogP contribution in [0, 0.1) is 5.92 Å². The second kappa shape index (κ2) is 9.09. The normalized spacial score (nSPS) is 33.7. The number of rotatable bonds is 8. The highest BCUT2D eigenvalue weighted by atomic mass is 16.7. The van der Waals surface area contributed by atoms with Gasteiger partial charge in [0.2, 0.25) is 0 Å². The summed E-state index contributed by atoms with van der Waals surface area (Å²) in [5, 5.41) is 31.9. The molecule has 1 aliphatic rings. The fourth-order valence-corrected chi connectivity index (χ4v) is 1.89. The molecule has 1 saturated heterocycles.